The van der Waals surface area contributed by atoms with Gasteiger partial charge >= 0.3 is 0 Å². The van der Waals surface area contributed by atoms with Crippen LogP contribution in [0.25, 0.3) is 0 Å². The second kappa shape index (κ2) is 8.12. The Balaban J connectivity index is 2.48. The van der Waals surface area contributed by atoms with Crippen molar-refractivity contribution in [2.24, 2.45) is 5.92 Å². The van der Waals surface area contributed by atoms with Crippen molar-refractivity contribution in [3.8, 4) is 11.5 Å². The molecule has 19 heavy (non-hydrogen) atoms. The van der Waals surface area contributed by atoms with Crippen LogP contribution in [-0.4, -0.2) is 26.3 Å². The fraction of sp³-hybridized carbons (Fsp3) is 0.571. The lowest BCUT2D eigenvalue weighted by Crippen LogP contribution is -2.33. The monoisotopic (exact) mass is 393 g/mol. The average Bonchev–Trinajstić information content (AvgIpc) is 2.37. The molecule has 1 rings (SSSR count). The molecular weight excluding hydrogens is 374 g/mol. The molecule has 0 aliphatic rings. The molecule has 108 valence electrons. The van der Waals surface area contributed by atoms with Gasteiger partial charge < -0.3 is 14.8 Å². The molecule has 0 heterocycles. The number of rotatable bonds is 7. The molecule has 0 saturated carbocycles. The first-order chi connectivity index (χ1) is 8.95. The first-order valence-corrected chi connectivity index (χ1v) is 7.93. The van der Waals surface area contributed by atoms with Crippen LogP contribution in [0.5, 0.6) is 11.5 Å². The number of ether oxygens (including phenoxy) is 2. The molecule has 1 aromatic rings. The van der Waals surface area contributed by atoms with Gasteiger partial charge in [0.05, 0.1) is 16.1 Å². The second-order valence-electron chi connectivity index (χ2n) is 4.75. The summed E-state index contributed by atoms with van der Waals surface area (Å²) in [5.41, 5.74) is 0. The Morgan fingerprint density at radius 2 is 1.68 bits per heavy atom. The van der Waals surface area contributed by atoms with Crippen LogP contribution in [-0.2, 0) is 0 Å². The minimum Gasteiger partial charge on any atom is -0.496 e. The highest BCUT2D eigenvalue weighted by molar-refractivity contribution is 9.11. The first-order valence-electron chi connectivity index (χ1n) is 6.35. The number of hydrogen-bond acceptors (Lipinski definition) is 3. The zero-order valence-corrected chi connectivity index (χ0v) is 15.0. The van der Waals surface area contributed by atoms with E-state index in [1.165, 1.54) is 0 Å². The van der Waals surface area contributed by atoms with E-state index in [0.29, 0.717) is 18.6 Å². The van der Waals surface area contributed by atoms with E-state index in [-0.39, 0.29) is 0 Å². The van der Waals surface area contributed by atoms with Crippen LogP contribution in [0.1, 0.15) is 20.8 Å². The van der Waals surface area contributed by atoms with Crippen molar-refractivity contribution in [1.29, 1.82) is 0 Å². The summed E-state index contributed by atoms with van der Waals surface area (Å²) < 4.78 is 12.8. The van der Waals surface area contributed by atoms with Gasteiger partial charge in [-0.15, -0.1) is 0 Å². The number of hydrogen-bond donors (Lipinski definition) is 1. The van der Waals surface area contributed by atoms with E-state index in [1.54, 1.807) is 7.11 Å². The van der Waals surface area contributed by atoms with Gasteiger partial charge in [-0.05, 0) is 56.8 Å². The summed E-state index contributed by atoms with van der Waals surface area (Å²) in [6, 6.07) is 4.30. The minimum atomic E-state index is 0.495. The van der Waals surface area contributed by atoms with Crippen LogP contribution in [0.15, 0.2) is 21.1 Å². The van der Waals surface area contributed by atoms with Gasteiger partial charge in [0, 0.05) is 12.6 Å². The number of halogens is 2. The summed E-state index contributed by atoms with van der Waals surface area (Å²) in [7, 11) is 1.64. The van der Waals surface area contributed by atoms with Crippen molar-refractivity contribution in [2.75, 3.05) is 20.3 Å². The van der Waals surface area contributed by atoms with Crippen molar-refractivity contribution in [3.63, 3.8) is 0 Å². The summed E-state index contributed by atoms with van der Waals surface area (Å²) >= 11 is 6.93. The summed E-state index contributed by atoms with van der Waals surface area (Å²) in [4.78, 5) is 0. The molecule has 0 bridgehead atoms. The molecule has 0 saturated heterocycles. The van der Waals surface area contributed by atoms with Gasteiger partial charge in [-0.3, -0.25) is 0 Å². The zero-order chi connectivity index (χ0) is 14.4. The molecule has 3 nitrogen and oxygen atoms in total. The zero-order valence-electron chi connectivity index (χ0n) is 11.8. The predicted octanol–water partition coefficient (Wildman–Crippen LogP) is 4.23. The highest BCUT2D eigenvalue weighted by Crippen LogP contribution is 2.35. The molecule has 0 aliphatic carbocycles. The van der Waals surface area contributed by atoms with Crippen molar-refractivity contribution in [1.82, 2.24) is 5.32 Å². The van der Waals surface area contributed by atoms with E-state index in [0.717, 1.165) is 27.0 Å². The summed E-state index contributed by atoms with van der Waals surface area (Å²) in [5.74, 6) is 2.22. The van der Waals surface area contributed by atoms with Gasteiger partial charge in [-0.2, -0.15) is 0 Å². The molecule has 0 radical (unpaired) electrons. The molecule has 0 aliphatic heterocycles. The third-order valence-electron chi connectivity index (χ3n) is 3.03. The normalized spacial score (nSPS) is 12.6. The SMILES string of the molecule is COc1cc(Br)c(OCCNC(C)C(C)C)cc1Br. The van der Waals surface area contributed by atoms with Crippen LogP contribution in [0.2, 0.25) is 0 Å². The largest absolute Gasteiger partial charge is 0.496 e. The Morgan fingerprint density at radius 1 is 1.11 bits per heavy atom. The number of benzene rings is 1. The summed E-state index contributed by atoms with van der Waals surface area (Å²) in [6.07, 6.45) is 0. The van der Waals surface area contributed by atoms with Gasteiger partial charge in [0.2, 0.25) is 0 Å². The van der Waals surface area contributed by atoms with Gasteiger partial charge in [-0.25, -0.2) is 0 Å². The molecule has 0 amide bonds. The van der Waals surface area contributed by atoms with Crippen molar-refractivity contribution < 1.29 is 9.47 Å². The maximum atomic E-state index is 5.75. The van der Waals surface area contributed by atoms with Crippen molar-refractivity contribution in [2.45, 2.75) is 26.8 Å². The minimum absolute atomic E-state index is 0.495. The van der Waals surface area contributed by atoms with E-state index in [2.05, 4.69) is 57.9 Å². The molecule has 0 spiro atoms. The van der Waals surface area contributed by atoms with Gasteiger partial charge in [-0.1, -0.05) is 13.8 Å². The average molecular weight is 395 g/mol. The van der Waals surface area contributed by atoms with Gasteiger partial charge in [0.25, 0.3) is 0 Å². The van der Waals surface area contributed by atoms with E-state index in [1.807, 2.05) is 12.1 Å². The van der Waals surface area contributed by atoms with Crippen LogP contribution in [0.4, 0.5) is 0 Å². The molecule has 0 aromatic heterocycles. The third-order valence-corrected chi connectivity index (χ3v) is 4.27. The Morgan fingerprint density at radius 3 is 2.26 bits per heavy atom. The standard InChI is InChI=1S/C14H21Br2NO2/c1-9(2)10(3)17-5-6-19-14-8-11(15)13(18-4)7-12(14)16/h7-10,17H,5-6H2,1-4H3. The van der Waals surface area contributed by atoms with Crippen molar-refractivity contribution in [3.05, 3.63) is 21.1 Å². The van der Waals surface area contributed by atoms with E-state index >= 15 is 0 Å². The third kappa shape index (κ3) is 5.32. The van der Waals surface area contributed by atoms with E-state index in [4.69, 9.17) is 9.47 Å². The number of methoxy groups -OCH3 is 1. The maximum absolute atomic E-state index is 5.75. The number of nitrogens with one attached hydrogen (secondary N) is 1. The fourth-order valence-electron chi connectivity index (χ4n) is 1.46. The molecule has 1 atom stereocenters. The topological polar surface area (TPSA) is 30.5 Å². The van der Waals surface area contributed by atoms with E-state index in [9.17, 15) is 0 Å². The fourth-order valence-corrected chi connectivity index (χ4v) is 2.38. The van der Waals surface area contributed by atoms with Crippen LogP contribution in [0.3, 0.4) is 0 Å². The molecule has 0 fully saturated rings. The Bertz CT molecular complexity index is 411. The quantitative estimate of drug-likeness (QED) is 0.701. The van der Waals surface area contributed by atoms with E-state index < -0.39 is 0 Å². The van der Waals surface area contributed by atoms with Crippen LogP contribution in [0, 0.1) is 5.92 Å². The lowest BCUT2D eigenvalue weighted by molar-refractivity contribution is 0.294. The Kier molecular flexibility index (Phi) is 7.18. The summed E-state index contributed by atoms with van der Waals surface area (Å²) in [6.45, 7) is 8.06. The summed E-state index contributed by atoms with van der Waals surface area (Å²) in [5, 5.41) is 3.43. The van der Waals surface area contributed by atoms with Crippen LogP contribution < -0.4 is 14.8 Å². The lowest BCUT2D eigenvalue weighted by atomic mass is 10.1. The van der Waals surface area contributed by atoms with Crippen LogP contribution >= 0.6 is 31.9 Å². The first kappa shape index (κ1) is 16.8. The Hall–Kier alpha value is -0.260. The molecule has 5 heteroatoms. The molecular formula is C14H21Br2NO2. The van der Waals surface area contributed by atoms with Gasteiger partial charge in [0.1, 0.15) is 18.1 Å². The molecule has 1 N–H and O–H groups in total. The maximum Gasteiger partial charge on any atom is 0.134 e. The van der Waals surface area contributed by atoms with Crippen molar-refractivity contribution >= 4 is 31.9 Å². The highest BCUT2D eigenvalue weighted by atomic mass is 79.9. The highest BCUT2D eigenvalue weighted by Gasteiger charge is 2.09. The molecule has 1 unspecified atom stereocenters. The second-order valence-corrected chi connectivity index (χ2v) is 6.46. The Labute approximate surface area is 132 Å². The lowest BCUT2D eigenvalue weighted by Gasteiger charge is -2.18. The smallest absolute Gasteiger partial charge is 0.134 e. The van der Waals surface area contributed by atoms with Gasteiger partial charge in [0.15, 0.2) is 0 Å². The predicted molar refractivity (Wildman–Crippen MR) is 86.2 cm³/mol. The molecule has 1 aromatic carbocycles.